The highest BCUT2D eigenvalue weighted by Gasteiger charge is 1.98. The number of halogens is 1. The molecule has 1 heterocycles. The highest BCUT2D eigenvalue weighted by molar-refractivity contribution is 6.30. The normalized spacial score (nSPS) is 11.2. The van der Waals surface area contributed by atoms with Gasteiger partial charge in [-0.05, 0) is 49.6 Å². The number of aliphatic imine (C=N–C) groups is 1. The van der Waals surface area contributed by atoms with Gasteiger partial charge >= 0.3 is 0 Å². The summed E-state index contributed by atoms with van der Waals surface area (Å²) in [4.78, 5) is 8.84. The van der Waals surface area contributed by atoms with E-state index in [0.717, 1.165) is 54.8 Å². The number of hydrogen-bond donors (Lipinski definition) is 3. The number of benzene rings is 1. The van der Waals surface area contributed by atoms with Gasteiger partial charge in [0, 0.05) is 30.9 Å². The van der Waals surface area contributed by atoms with Crippen LogP contribution < -0.4 is 16.0 Å². The van der Waals surface area contributed by atoms with Crippen molar-refractivity contribution in [3.63, 3.8) is 0 Å². The van der Waals surface area contributed by atoms with E-state index in [4.69, 9.17) is 11.6 Å². The zero-order chi connectivity index (χ0) is 17.7. The first-order valence-corrected chi connectivity index (χ1v) is 9.07. The van der Waals surface area contributed by atoms with Crippen LogP contribution in [0.1, 0.15) is 25.3 Å². The Labute approximate surface area is 154 Å². The van der Waals surface area contributed by atoms with Crippen LogP contribution in [0.3, 0.4) is 0 Å². The summed E-state index contributed by atoms with van der Waals surface area (Å²) >= 11 is 6.01. The maximum Gasteiger partial charge on any atom is 0.191 e. The van der Waals surface area contributed by atoms with Gasteiger partial charge in [0.2, 0.25) is 0 Å². The van der Waals surface area contributed by atoms with Crippen molar-refractivity contribution in [1.82, 2.24) is 15.6 Å². The van der Waals surface area contributed by atoms with Crippen LogP contribution in [0, 0.1) is 0 Å². The topological polar surface area (TPSA) is 61.3 Å². The lowest BCUT2D eigenvalue weighted by Crippen LogP contribution is -2.37. The van der Waals surface area contributed by atoms with Crippen molar-refractivity contribution >= 4 is 23.4 Å². The van der Waals surface area contributed by atoms with Gasteiger partial charge in [-0.1, -0.05) is 29.8 Å². The number of anilines is 1. The van der Waals surface area contributed by atoms with Crippen LogP contribution in [0.25, 0.3) is 0 Å². The van der Waals surface area contributed by atoms with Gasteiger partial charge in [-0.3, -0.25) is 0 Å². The SMILES string of the molecule is CCNC(=NCc1cccc(Cl)c1)NCCCCNc1ccccn1. The molecule has 0 unspecified atom stereocenters. The molecule has 6 heteroatoms. The minimum absolute atomic E-state index is 0.608. The summed E-state index contributed by atoms with van der Waals surface area (Å²) in [5.41, 5.74) is 1.10. The zero-order valence-electron chi connectivity index (χ0n) is 14.6. The average molecular weight is 360 g/mol. The Morgan fingerprint density at radius 3 is 2.72 bits per heavy atom. The molecular weight excluding hydrogens is 334 g/mol. The molecule has 0 aliphatic heterocycles. The van der Waals surface area contributed by atoms with Crippen LogP contribution in [0.2, 0.25) is 5.02 Å². The van der Waals surface area contributed by atoms with Gasteiger partial charge in [-0.2, -0.15) is 0 Å². The van der Waals surface area contributed by atoms with Gasteiger partial charge in [0.25, 0.3) is 0 Å². The Morgan fingerprint density at radius 1 is 1.08 bits per heavy atom. The summed E-state index contributed by atoms with van der Waals surface area (Å²) in [6.07, 6.45) is 3.92. The van der Waals surface area contributed by atoms with E-state index in [2.05, 4.69) is 32.9 Å². The van der Waals surface area contributed by atoms with E-state index in [1.165, 1.54) is 0 Å². The summed E-state index contributed by atoms with van der Waals surface area (Å²) in [6.45, 7) is 5.30. The number of unbranched alkanes of at least 4 members (excludes halogenated alkanes) is 1. The molecule has 0 saturated carbocycles. The van der Waals surface area contributed by atoms with Gasteiger partial charge in [-0.15, -0.1) is 0 Å². The van der Waals surface area contributed by atoms with Gasteiger partial charge in [0.05, 0.1) is 6.54 Å². The zero-order valence-corrected chi connectivity index (χ0v) is 15.4. The molecule has 3 N–H and O–H groups in total. The molecule has 1 aromatic heterocycles. The number of nitrogens with zero attached hydrogens (tertiary/aromatic N) is 2. The van der Waals surface area contributed by atoms with Crippen LogP contribution in [-0.2, 0) is 6.54 Å². The highest BCUT2D eigenvalue weighted by atomic mass is 35.5. The fraction of sp³-hybridized carbons (Fsp3) is 0.368. The smallest absolute Gasteiger partial charge is 0.191 e. The molecular formula is C19H26ClN5. The second-order valence-electron chi connectivity index (χ2n) is 5.60. The Balaban J connectivity index is 1.67. The molecule has 0 bridgehead atoms. The first-order valence-electron chi connectivity index (χ1n) is 8.69. The fourth-order valence-electron chi connectivity index (χ4n) is 2.29. The lowest BCUT2D eigenvalue weighted by molar-refractivity contribution is 0.712. The number of rotatable bonds is 9. The second-order valence-corrected chi connectivity index (χ2v) is 6.04. The molecule has 25 heavy (non-hydrogen) atoms. The molecule has 0 spiro atoms. The maximum atomic E-state index is 6.01. The van der Waals surface area contributed by atoms with Crippen LogP contribution in [0.4, 0.5) is 5.82 Å². The Morgan fingerprint density at radius 2 is 1.96 bits per heavy atom. The summed E-state index contributed by atoms with van der Waals surface area (Å²) in [5, 5.41) is 10.7. The molecule has 5 nitrogen and oxygen atoms in total. The van der Waals surface area contributed by atoms with Gasteiger partial charge in [0.1, 0.15) is 5.82 Å². The number of nitrogens with one attached hydrogen (secondary N) is 3. The molecule has 0 fully saturated rings. The molecule has 134 valence electrons. The summed E-state index contributed by atoms with van der Waals surface area (Å²) in [7, 11) is 0. The maximum absolute atomic E-state index is 6.01. The minimum Gasteiger partial charge on any atom is -0.370 e. The minimum atomic E-state index is 0.608. The highest BCUT2D eigenvalue weighted by Crippen LogP contribution is 2.11. The van der Waals surface area contributed by atoms with Crippen LogP contribution in [-0.4, -0.2) is 30.6 Å². The number of hydrogen-bond acceptors (Lipinski definition) is 3. The number of pyridine rings is 1. The largest absolute Gasteiger partial charge is 0.370 e. The van der Waals surface area contributed by atoms with E-state index in [9.17, 15) is 0 Å². The molecule has 0 atom stereocenters. The van der Waals surface area contributed by atoms with Crippen molar-refractivity contribution < 1.29 is 0 Å². The van der Waals surface area contributed by atoms with Gasteiger partial charge < -0.3 is 16.0 Å². The van der Waals surface area contributed by atoms with Gasteiger partial charge in [0.15, 0.2) is 5.96 Å². The molecule has 0 saturated heterocycles. The summed E-state index contributed by atoms with van der Waals surface area (Å²) < 4.78 is 0. The summed E-state index contributed by atoms with van der Waals surface area (Å²) in [6, 6.07) is 13.7. The standard InChI is InChI=1S/C19H26ClN5/c1-2-21-19(25-15-16-8-7-9-17(20)14-16)24-13-6-5-12-23-18-10-3-4-11-22-18/h3-4,7-11,14H,2,5-6,12-13,15H2,1H3,(H,22,23)(H2,21,24,25). The first-order chi connectivity index (χ1) is 12.3. The van der Waals surface area contributed by atoms with Crippen molar-refractivity contribution in [2.24, 2.45) is 4.99 Å². The van der Waals surface area contributed by atoms with E-state index in [-0.39, 0.29) is 0 Å². The van der Waals surface area contributed by atoms with E-state index in [1.807, 2.05) is 42.5 Å². The molecule has 0 aliphatic rings. The molecule has 2 rings (SSSR count). The number of aromatic nitrogens is 1. The first kappa shape index (κ1) is 19.1. The van der Waals surface area contributed by atoms with Crippen molar-refractivity contribution in [1.29, 1.82) is 0 Å². The fourth-order valence-corrected chi connectivity index (χ4v) is 2.50. The monoisotopic (exact) mass is 359 g/mol. The van der Waals surface area contributed by atoms with E-state index in [1.54, 1.807) is 6.20 Å². The molecule has 0 aliphatic carbocycles. The quantitative estimate of drug-likeness (QED) is 0.363. The molecule has 0 radical (unpaired) electrons. The molecule has 0 amide bonds. The Kier molecular flexibility index (Phi) is 8.63. The van der Waals surface area contributed by atoms with Crippen molar-refractivity contribution in [2.45, 2.75) is 26.3 Å². The Bertz CT molecular complexity index is 645. The van der Waals surface area contributed by atoms with Crippen molar-refractivity contribution in [2.75, 3.05) is 25.0 Å². The van der Waals surface area contributed by atoms with Crippen LogP contribution >= 0.6 is 11.6 Å². The number of guanidine groups is 1. The predicted octanol–water partition coefficient (Wildman–Crippen LogP) is 3.68. The second kappa shape index (κ2) is 11.3. The third kappa shape index (κ3) is 7.90. The van der Waals surface area contributed by atoms with Gasteiger partial charge in [-0.25, -0.2) is 9.98 Å². The van der Waals surface area contributed by atoms with E-state index >= 15 is 0 Å². The van der Waals surface area contributed by atoms with E-state index in [0.29, 0.717) is 6.54 Å². The average Bonchev–Trinajstić information content (AvgIpc) is 2.63. The lowest BCUT2D eigenvalue weighted by atomic mass is 10.2. The third-order valence-corrected chi connectivity index (χ3v) is 3.76. The predicted molar refractivity (Wildman–Crippen MR) is 106 cm³/mol. The van der Waals surface area contributed by atoms with E-state index < -0.39 is 0 Å². The van der Waals surface area contributed by atoms with Crippen LogP contribution in [0.15, 0.2) is 53.7 Å². The van der Waals surface area contributed by atoms with Crippen molar-refractivity contribution in [3.8, 4) is 0 Å². The van der Waals surface area contributed by atoms with Crippen molar-refractivity contribution in [3.05, 3.63) is 59.2 Å². The Hall–Kier alpha value is -2.27. The molecule has 1 aromatic carbocycles. The third-order valence-electron chi connectivity index (χ3n) is 3.52. The molecule has 2 aromatic rings. The summed E-state index contributed by atoms with van der Waals surface area (Å²) in [5.74, 6) is 1.76. The lowest BCUT2D eigenvalue weighted by Gasteiger charge is -2.11. The van der Waals surface area contributed by atoms with Crippen LogP contribution in [0.5, 0.6) is 0 Å².